The largest absolute Gasteiger partial charge is 0.449 e. The first-order valence-electron chi connectivity index (χ1n) is 11.6. The second-order valence-corrected chi connectivity index (χ2v) is 8.56. The number of carbonyl (C=O) groups excluding carboxylic acids is 2. The third kappa shape index (κ3) is 4.40. The molecule has 3 aromatic rings. The van der Waals surface area contributed by atoms with Crippen LogP contribution in [-0.4, -0.2) is 31.2 Å². The molecule has 0 radical (unpaired) electrons. The van der Waals surface area contributed by atoms with Crippen LogP contribution in [0.5, 0.6) is 0 Å². The molecule has 1 atom stereocenters. The Morgan fingerprint density at radius 2 is 1.62 bits per heavy atom. The van der Waals surface area contributed by atoms with Crippen molar-refractivity contribution in [2.75, 3.05) is 23.0 Å². The van der Waals surface area contributed by atoms with Crippen molar-refractivity contribution in [3.05, 3.63) is 83.2 Å². The topological polar surface area (TPSA) is 49.9 Å². The fourth-order valence-corrected chi connectivity index (χ4v) is 4.36. The Bertz CT molecular complexity index is 1220. The van der Waals surface area contributed by atoms with E-state index in [0.717, 1.165) is 22.3 Å². The van der Waals surface area contributed by atoms with Crippen LogP contribution in [0.2, 0.25) is 0 Å². The smallest absolute Gasteiger partial charge is 0.414 e. The van der Waals surface area contributed by atoms with Crippen LogP contribution in [0.1, 0.15) is 41.8 Å². The molecule has 0 fully saturated rings. The fraction of sp³-hybridized carbons (Fsp3) is 0.286. The lowest BCUT2D eigenvalue weighted by Crippen LogP contribution is -2.53. The van der Waals surface area contributed by atoms with Gasteiger partial charge in [0.05, 0.1) is 24.0 Å². The minimum Gasteiger partial charge on any atom is -0.449 e. The highest BCUT2D eigenvalue weighted by molar-refractivity contribution is 6.11. The van der Waals surface area contributed by atoms with Gasteiger partial charge in [-0.15, -0.1) is 0 Å². The summed E-state index contributed by atoms with van der Waals surface area (Å²) < 4.78 is 18.7. The van der Waals surface area contributed by atoms with E-state index in [2.05, 4.69) is 0 Å². The number of rotatable bonds is 4. The Morgan fingerprint density at radius 3 is 2.26 bits per heavy atom. The average Bonchev–Trinajstić information content (AvgIpc) is 2.84. The second-order valence-electron chi connectivity index (χ2n) is 8.56. The molecule has 0 aromatic heterocycles. The molecule has 1 aliphatic heterocycles. The maximum Gasteiger partial charge on any atom is 0.414 e. The molecular weight excluding hydrogens is 431 g/mol. The second kappa shape index (κ2) is 9.67. The summed E-state index contributed by atoms with van der Waals surface area (Å²) in [6, 6.07) is 17.3. The van der Waals surface area contributed by atoms with Gasteiger partial charge in [0, 0.05) is 12.1 Å². The Hall–Kier alpha value is -3.67. The van der Waals surface area contributed by atoms with Crippen molar-refractivity contribution in [1.82, 2.24) is 0 Å². The van der Waals surface area contributed by atoms with Gasteiger partial charge in [-0.1, -0.05) is 31.2 Å². The monoisotopic (exact) mass is 460 g/mol. The van der Waals surface area contributed by atoms with Crippen LogP contribution in [0.3, 0.4) is 0 Å². The molecule has 1 heterocycles. The molecule has 6 heteroatoms. The minimum atomic E-state index is -0.399. The predicted octanol–water partition coefficient (Wildman–Crippen LogP) is 6.51. The quantitative estimate of drug-likeness (QED) is 0.446. The van der Waals surface area contributed by atoms with Crippen LogP contribution >= 0.6 is 0 Å². The summed E-state index contributed by atoms with van der Waals surface area (Å²) in [5, 5.41) is 0. The third-order valence-electron chi connectivity index (χ3n) is 6.37. The first kappa shape index (κ1) is 23.5. The zero-order chi connectivity index (χ0) is 24.4. The summed E-state index contributed by atoms with van der Waals surface area (Å²) >= 11 is 0. The molecule has 4 rings (SSSR count). The van der Waals surface area contributed by atoms with E-state index >= 15 is 0 Å². The zero-order valence-corrected chi connectivity index (χ0v) is 20.0. The van der Waals surface area contributed by atoms with Gasteiger partial charge in [-0.2, -0.15) is 0 Å². The van der Waals surface area contributed by atoms with E-state index in [1.54, 1.807) is 34.9 Å². The van der Waals surface area contributed by atoms with Crippen LogP contribution in [0, 0.1) is 19.7 Å². The van der Waals surface area contributed by atoms with Gasteiger partial charge < -0.3 is 9.64 Å². The summed E-state index contributed by atoms with van der Waals surface area (Å²) in [5.74, 6) is -0.446. The lowest BCUT2D eigenvalue weighted by atomic mass is 9.98. The molecule has 0 bridgehead atoms. The molecule has 34 heavy (non-hydrogen) atoms. The molecule has 3 aromatic carbocycles. The van der Waals surface area contributed by atoms with E-state index in [4.69, 9.17) is 4.74 Å². The minimum absolute atomic E-state index is 0.143. The van der Waals surface area contributed by atoms with E-state index in [9.17, 15) is 14.0 Å². The van der Waals surface area contributed by atoms with Gasteiger partial charge in [0.2, 0.25) is 0 Å². The molecule has 5 nitrogen and oxygen atoms in total. The highest BCUT2D eigenvalue weighted by Crippen LogP contribution is 2.40. The van der Waals surface area contributed by atoms with Gasteiger partial charge in [-0.3, -0.25) is 9.69 Å². The molecule has 0 saturated carbocycles. The highest BCUT2D eigenvalue weighted by atomic mass is 19.1. The lowest BCUT2D eigenvalue weighted by molar-refractivity contribution is 0.0981. The number of aryl methyl sites for hydroxylation is 2. The number of anilines is 2. The summed E-state index contributed by atoms with van der Waals surface area (Å²) in [6.07, 6.45) is 0.272. The molecule has 0 aliphatic carbocycles. The normalized spacial score (nSPS) is 15.1. The summed E-state index contributed by atoms with van der Waals surface area (Å²) in [6.45, 7) is 8.42. The van der Waals surface area contributed by atoms with Crippen LogP contribution in [0.25, 0.3) is 11.1 Å². The first-order valence-corrected chi connectivity index (χ1v) is 11.6. The fourth-order valence-electron chi connectivity index (χ4n) is 4.36. The molecule has 0 spiro atoms. The van der Waals surface area contributed by atoms with Crippen molar-refractivity contribution >= 4 is 23.4 Å². The van der Waals surface area contributed by atoms with E-state index < -0.39 is 6.09 Å². The summed E-state index contributed by atoms with van der Waals surface area (Å²) in [5.41, 5.74) is 5.65. The molecular formula is C28H29FN2O3. The SMILES string of the molecule is CCOC(=O)N1c2cc(C)c(C)cc2N(C(=O)c2cccc(-c3ccc(F)cc3)c2)CC1CC. The molecule has 0 N–H and O–H groups in total. The lowest BCUT2D eigenvalue weighted by Gasteiger charge is -2.42. The third-order valence-corrected chi connectivity index (χ3v) is 6.37. The molecule has 1 unspecified atom stereocenters. The zero-order valence-electron chi connectivity index (χ0n) is 20.0. The Labute approximate surface area is 199 Å². The maximum absolute atomic E-state index is 13.8. The van der Waals surface area contributed by atoms with Gasteiger partial charge in [0.15, 0.2) is 0 Å². The standard InChI is InChI=1S/C28H29FN2O3/c1-5-24-17-30(25-14-18(3)19(4)15-26(25)31(24)28(33)34-6-2)27(32)22-9-7-8-21(16-22)20-10-12-23(29)13-11-20/h7-16,24H,5-6,17H2,1-4H3. The van der Waals surface area contributed by atoms with Crippen molar-refractivity contribution in [3.8, 4) is 11.1 Å². The number of halogens is 1. The number of carbonyl (C=O) groups is 2. The van der Waals surface area contributed by atoms with E-state index in [1.165, 1.54) is 12.1 Å². The van der Waals surface area contributed by atoms with Crippen molar-refractivity contribution in [3.63, 3.8) is 0 Å². The van der Waals surface area contributed by atoms with Gasteiger partial charge in [-0.05, 0) is 85.8 Å². The molecule has 0 saturated heterocycles. The number of amides is 2. The Kier molecular flexibility index (Phi) is 6.68. The van der Waals surface area contributed by atoms with Crippen molar-refractivity contribution in [1.29, 1.82) is 0 Å². The van der Waals surface area contributed by atoms with Crippen molar-refractivity contribution in [2.24, 2.45) is 0 Å². The van der Waals surface area contributed by atoms with Gasteiger partial charge >= 0.3 is 6.09 Å². The molecule has 2 amide bonds. The number of fused-ring (bicyclic) bond motifs is 1. The number of hydrogen-bond acceptors (Lipinski definition) is 3. The Balaban J connectivity index is 1.77. The first-order chi connectivity index (χ1) is 16.3. The molecule has 1 aliphatic rings. The van der Waals surface area contributed by atoms with Crippen LogP contribution in [-0.2, 0) is 4.74 Å². The summed E-state index contributed by atoms with van der Waals surface area (Å²) in [7, 11) is 0. The predicted molar refractivity (Wildman–Crippen MR) is 133 cm³/mol. The maximum atomic E-state index is 13.8. The van der Waals surface area contributed by atoms with E-state index in [-0.39, 0.29) is 24.4 Å². The number of ether oxygens (including phenoxy) is 1. The average molecular weight is 461 g/mol. The molecule has 176 valence electrons. The van der Waals surface area contributed by atoms with Crippen LogP contribution in [0.15, 0.2) is 60.7 Å². The van der Waals surface area contributed by atoms with Crippen molar-refractivity contribution in [2.45, 2.75) is 40.2 Å². The van der Waals surface area contributed by atoms with Crippen molar-refractivity contribution < 1.29 is 18.7 Å². The number of hydrogen-bond donors (Lipinski definition) is 0. The summed E-state index contributed by atoms with van der Waals surface area (Å²) in [4.78, 5) is 30.1. The van der Waals surface area contributed by atoms with Gasteiger partial charge in [0.25, 0.3) is 5.91 Å². The van der Waals surface area contributed by atoms with E-state index in [0.29, 0.717) is 29.9 Å². The number of nitrogens with zero attached hydrogens (tertiary/aromatic N) is 2. The van der Waals surface area contributed by atoms with Crippen LogP contribution in [0.4, 0.5) is 20.6 Å². The van der Waals surface area contributed by atoms with E-state index in [1.807, 2.05) is 51.1 Å². The highest BCUT2D eigenvalue weighted by Gasteiger charge is 2.37. The van der Waals surface area contributed by atoms with Gasteiger partial charge in [-0.25, -0.2) is 9.18 Å². The van der Waals surface area contributed by atoms with Gasteiger partial charge in [0.1, 0.15) is 5.82 Å². The van der Waals surface area contributed by atoms with Crippen LogP contribution < -0.4 is 9.80 Å². The number of benzene rings is 3. The Morgan fingerprint density at radius 1 is 0.941 bits per heavy atom.